The Balaban J connectivity index is 1.80. The minimum atomic E-state index is -0.0947. The summed E-state index contributed by atoms with van der Waals surface area (Å²) in [6.45, 7) is 9.13. The molecule has 2 rings (SSSR count). The van der Waals surface area contributed by atoms with E-state index < -0.39 is 0 Å². The molecule has 1 aromatic heterocycles. The molecule has 1 saturated heterocycles. The summed E-state index contributed by atoms with van der Waals surface area (Å²) in [5.74, 6) is 1.94. The van der Waals surface area contributed by atoms with Crippen molar-refractivity contribution in [2.75, 3.05) is 43.0 Å². The van der Waals surface area contributed by atoms with Crippen molar-refractivity contribution in [1.29, 1.82) is 0 Å². The quantitative estimate of drug-likeness (QED) is 0.782. The molecule has 1 unspecified atom stereocenters. The monoisotopic (exact) mass is 311 g/mol. The Kier molecular flexibility index (Phi) is 6.53. The molecule has 0 aromatic carbocycles. The van der Waals surface area contributed by atoms with Gasteiger partial charge >= 0.3 is 0 Å². The zero-order valence-electron chi connectivity index (χ0n) is 12.8. The van der Waals surface area contributed by atoms with E-state index in [1.54, 1.807) is 6.20 Å². The van der Waals surface area contributed by atoms with E-state index in [9.17, 15) is 4.79 Å². The van der Waals surface area contributed by atoms with Crippen LogP contribution in [0.5, 0.6) is 0 Å². The molecule has 1 aromatic rings. The number of nitrogens with one attached hydrogen (secondary N) is 2. The largest absolute Gasteiger partial charge is 0.322 e. The van der Waals surface area contributed by atoms with Crippen molar-refractivity contribution in [3.63, 3.8) is 0 Å². The molecule has 0 spiro atoms. The van der Waals surface area contributed by atoms with Crippen LogP contribution in [-0.2, 0) is 11.3 Å². The second kappa shape index (κ2) is 8.41. The smallest absolute Gasteiger partial charge is 0.242 e. The van der Waals surface area contributed by atoms with Crippen molar-refractivity contribution in [2.45, 2.75) is 26.4 Å². The van der Waals surface area contributed by atoms with Crippen LogP contribution in [0.3, 0.4) is 0 Å². The van der Waals surface area contributed by atoms with E-state index in [0.717, 1.165) is 49.9 Å². The average Bonchev–Trinajstić information content (AvgIpc) is 2.96. The minimum absolute atomic E-state index is 0.0329. The molecule has 0 bridgehead atoms. The molecule has 21 heavy (non-hydrogen) atoms. The van der Waals surface area contributed by atoms with Crippen LogP contribution in [0.2, 0.25) is 0 Å². The minimum Gasteiger partial charge on any atom is -0.322 e. The van der Waals surface area contributed by atoms with Crippen LogP contribution in [0.25, 0.3) is 0 Å². The van der Waals surface area contributed by atoms with Crippen molar-refractivity contribution >= 4 is 23.4 Å². The summed E-state index contributed by atoms with van der Waals surface area (Å²) < 4.78 is 1.89. The van der Waals surface area contributed by atoms with Gasteiger partial charge in [0.25, 0.3) is 0 Å². The molecule has 1 atom stereocenters. The average molecular weight is 311 g/mol. The highest BCUT2D eigenvalue weighted by Crippen LogP contribution is 2.11. The summed E-state index contributed by atoms with van der Waals surface area (Å²) in [6.07, 6.45) is 3.62. The SMILES string of the molecule is CCN(CC)CCn1cc(NC(=O)C2CSCCN2)cn1. The zero-order valence-corrected chi connectivity index (χ0v) is 13.7. The van der Waals surface area contributed by atoms with Crippen LogP contribution in [0.1, 0.15) is 13.8 Å². The third-order valence-corrected chi connectivity index (χ3v) is 4.74. The maximum atomic E-state index is 12.1. The predicted octanol–water partition coefficient (Wildman–Crippen LogP) is 0.868. The van der Waals surface area contributed by atoms with Gasteiger partial charge in [0.1, 0.15) is 0 Å². The Morgan fingerprint density at radius 3 is 3.05 bits per heavy atom. The van der Waals surface area contributed by atoms with Gasteiger partial charge in [0.2, 0.25) is 5.91 Å². The summed E-state index contributed by atoms with van der Waals surface area (Å²) in [6, 6.07) is -0.0947. The first-order valence-corrected chi connectivity index (χ1v) is 8.75. The number of anilines is 1. The lowest BCUT2D eigenvalue weighted by atomic mass is 10.3. The molecule has 0 radical (unpaired) electrons. The van der Waals surface area contributed by atoms with Crippen LogP contribution in [0.15, 0.2) is 12.4 Å². The van der Waals surface area contributed by atoms with Gasteiger partial charge in [-0.05, 0) is 13.1 Å². The molecule has 1 aliphatic rings. The van der Waals surface area contributed by atoms with Crippen molar-refractivity contribution in [3.8, 4) is 0 Å². The Hall–Kier alpha value is -1.05. The summed E-state index contributed by atoms with van der Waals surface area (Å²) in [4.78, 5) is 14.5. The number of hydrogen-bond donors (Lipinski definition) is 2. The highest BCUT2D eigenvalue weighted by molar-refractivity contribution is 7.99. The van der Waals surface area contributed by atoms with Crippen LogP contribution in [0, 0.1) is 0 Å². The Morgan fingerprint density at radius 1 is 1.57 bits per heavy atom. The van der Waals surface area contributed by atoms with Gasteiger partial charge in [-0.3, -0.25) is 9.48 Å². The Labute approximate surface area is 130 Å². The van der Waals surface area contributed by atoms with Crippen molar-refractivity contribution in [2.24, 2.45) is 0 Å². The van der Waals surface area contributed by atoms with E-state index >= 15 is 0 Å². The van der Waals surface area contributed by atoms with Crippen LogP contribution < -0.4 is 10.6 Å². The lowest BCUT2D eigenvalue weighted by molar-refractivity contribution is -0.117. The summed E-state index contributed by atoms with van der Waals surface area (Å²) in [5.41, 5.74) is 0.775. The predicted molar refractivity (Wildman–Crippen MR) is 87.8 cm³/mol. The lowest BCUT2D eigenvalue weighted by Crippen LogP contribution is -2.46. The van der Waals surface area contributed by atoms with Crippen molar-refractivity contribution in [3.05, 3.63) is 12.4 Å². The van der Waals surface area contributed by atoms with Gasteiger partial charge in [0.15, 0.2) is 0 Å². The topological polar surface area (TPSA) is 62.2 Å². The molecule has 1 aliphatic heterocycles. The first-order chi connectivity index (χ1) is 10.2. The van der Waals surface area contributed by atoms with E-state index in [2.05, 4.69) is 34.5 Å². The van der Waals surface area contributed by atoms with Gasteiger partial charge < -0.3 is 15.5 Å². The van der Waals surface area contributed by atoms with Crippen molar-refractivity contribution < 1.29 is 4.79 Å². The maximum Gasteiger partial charge on any atom is 0.242 e. The number of rotatable bonds is 7. The Morgan fingerprint density at radius 2 is 2.38 bits per heavy atom. The molecule has 6 nitrogen and oxygen atoms in total. The molecule has 118 valence electrons. The van der Waals surface area contributed by atoms with Gasteiger partial charge in [0, 0.05) is 30.8 Å². The third kappa shape index (κ3) is 5.01. The zero-order chi connectivity index (χ0) is 15.1. The second-order valence-electron chi connectivity index (χ2n) is 5.09. The number of thioether (sulfide) groups is 1. The molecule has 2 heterocycles. The number of likely N-dealkylation sites (N-methyl/N-ethyl adjacent to an activating group) is 1. The van der Waals surface area contributed by atoms with E-state index in [1.165, 1.54) is 0 Å². The van der Waals surface area contributed by atoms with Gasteiger partial charge in [-0.25, -0.2) is 0 Å². The first kappa shape index (κ1) is 16.3. The molecule has 1 fully saturated rings. The number of carbonyl (C=O) groups is 1. The molecular weight excluding hydrogens is 286 g/mol. The number of hydrogen-bond acceptors (Lipinski definition) is 5. The number of nitrogens with zero attached hydrogens (tertiary/aromatic N) is 3. The number of carbonyl (C=O) groups excluding carboxylic acids is 1. The van der Waals surface area contributed by atoms with Crippen LogP contribution in [0.4, 0.5) is 5.69 Å². The third-order valence-electron chi connectivity index (χ3n) is 3.68. The van der Waals surface area contributed by atoms with Gasteiger partial charge in [-0.2, -0.15) is 16.9 Å². The van der Waals surface area contributed by atoms with E-state index in [4.69, 9.17) is 0 Å². The first-order valence-electron chi connectivity index (χ1n) is 7.59. The number of amides is 1. The summed E-state index contributed by atoms with van der Waals surface area (Å²) in [5, 5.41) is 10.5. The Bertz CT molecular complexity index is 440. The van der Waals surface area contributed by atoms with Crippen LogP contribution in [-0.4, -0.2) is 64.3 Å². The summed E-state index contributed by atoms with van der Waals surface area (Å²) >= 11 is 1.81. The molecule has 2 N–H and O–H groups in total. The van der Waals surface area contributed by atoms with Crippen molar-refractivity contribution in [1.82, 2.24) is 20.0 Å². The second-order valence-corrected chi connectivity index (χ2v) is 6.24. The standard InChI is InChI=1S/C14H25N5OS/c1-3-18(4-2)6-7-19-10-12(9-16-19)17-14(20)13-11-21-8-5-15-13/h9-10,13,15H,3-8,11H2,1-2H3,(H,17,20). The number of aromatic nitrogens is 2. The normalized spacial score (nSPS) is 18.9. The molecule has 0 aliphatic carbocycles. The highest BCUT2D eigenvalue weighted by atomic mass is 32.2. The molecule has 1 amide bonds. The highest BCUT2D eigenvalue weighted by Gasteiger charge is 2.21. The fraction of sp³-hybridized carbons (Fsp3) is 0.714. The molecule has 0 saturated carbocycles. The maximum absolute atomic E-state index is 12.1. The van der Waals surface area contributed by atoms with Crippen LogP contribution >= 0.6 is 11.8 Å². The van der Waals surface area contributed by atoms with E-state index in [1.807, 2.05) is 22.6 Å². The molecular formula is C14H25N5OS. The fourth-order valence-electron chi connectivity index (χ4n) is 2.30. The summed E-state index contributed by atoms with van der Waals surface area (Å²) in [7, 11) is 0. The molecule has 7 heteroatoms. The van der Waals surface area contributed by atoms with Gasteiger partial charge in [0.05, 0.1) is 24.5 Å². The van der Waals surface area contributed by atoms with E-state index in [0.29, 0.717) is 0 Å². The lowest BCUT2D eigenvalue weighted by Gasteiger charge is -2.21. The van der Waals surface area contributed by atoms with E-state index in [-0.39, 0.29) is 11.9 Å². The van der Waals surface area contributed by atoms with Gasteiger partial charge in [-0.1, -0.05) is 13.8 Å². The fourth-order valence-corrected chi connectivity index (χ4v) is 3.23. The van der Waals surface area contributed by atoms with Gasteiger partial charge in [-0.15, -0.1) is 0 Å².